The maximum Gasteiger partial charge on any atom is 0.264 e. The van der Waals surface area contributed by atoms with Crippen molar-refractivity contribution < 1.29 is 26.3 Å². The van der Waals surface area contributed by atoms with Gasteiger partial charge in [0.1, 0.15) is 16.5 Å². The number of sulfonamides is 1. The van der Waals surface area contributed by atoms with Crippen LogP contribution in [0.4, 0.5) is 18.9 Å². The SMILES string of the molecule is COc1ccc(NS(=O)(=O)c2cc(F)c(F)cc2F)cc1. The van der Waals surface area contributed by atoms with Crippen molar-refractivity contribution in [3.8, 4) is 5.75 Å². The molecule has 0 aliphatic heterocycles. The monoisotopic (exact) mass is 317 g/mol. The van der Waals surface area contributed by atoms with Crippen LogP contribution in [-0.2, 0) is 10.0 Å². The van der Waals surface area contributed by atoms with Crippen molar-refractivity contribution >= 4 is 15.7 Å². The van der Waals surface area contributed by atoms with E-state index < -0.39 is 32.4 Å². The van der Waals surface area contributed by atoms with E-state index in [-0.39, 0.29) is 17.8 Å². The van der Waals surface area contributed by atoms with Crippen LogP contribution >= 0.6 is 0 Å². The minimum absolute atomic E-state index is 0.125. The van der Waals surface area contributed by atoms with Crippen LogP contribution < -0.4 is 9.46 Å². The summed E-state index contributed by atoms with van der Waals surface area (Å²) in [5.74, 6) is -3.80. The average molecular weight is 317 g/mol. The van der Waals surface area contributed by atoms with E-state index in [0.717, 1.165) is 0 Å². The Morgan fingerprint density at radius 1 is 0.952 bits per heavy atom. The summed E-state index contributed by atoms with van der Waals surface area (Å²) in [7, 11) is -2.93. The fourth-order valence-electron chi connectivity index (χ4n) is 1.58. The second-order valence-electron chi connectivity index (χ2n) is 4.03. The van der Waals surface area contributed by atoms with Gasteiger partial charge < -0.3 is 4.74 Å². The predicted molar refractivity (Wildman–Crippen MR) is 70.1 cm³/mol. The maximum absolute atomic E-state index is 13.5. The summed E-state index contributed by atoms with van der Waals surface area (Å²) in [6.45, 7) is 0. The molecule has 21 heavy (non-hydrogen) atoms. The minimum atomic E-state index is -4.38. The Morgan fingerprint density at radius 2 is 1.52 bits per heavy atom. The summed E-state index contributed by atoms with van der Waals surface area (Å²) in [4.78, 5) is -0.975. The topological polar surface area (TPSA) is 55.4 Å². The largest absolute Gasteiger partial charge is 0.497 e. The van der Waals surface area contributed by atoms with Gasteiger partial charge in [0.05, 0.1) is 7.11 Å². The zero-order valence-electron chi connectivity index (χ0n) is 10.7. The maximum atomic E-state index is 13.5. The first-order chi connectivity index (χ1) is 9.83. The molecule has 4 nitrogen and oxygen atoms in total. The van der Waals surface area contributed by atoms with E-state index in [1.807, 2.05) is 0 Å². The first-order valence-electron chi connectivity index (χ1n) is 5.65. The molecule has 0 atom stereocenters. The molecule has 8 heteroatoms. The van der Waals surface area contributed by atoms with Crippen molar-refractivity contribution in [1.29, 1.82) is 0 Å². The van der Waals surface area contributed by atoms with Crippen molar-refractivity contribution in [2.75, 3.05) is 11.8 Å². The van der Waals surface area contributed by atoms with Crippen LogP contribution in [0.3, 0.4) is 0 Å². The number of halogens is 3. The summed E-state index contributed by atoms with van der Waals surface area (Å²) in [5.41, 5.74) is 0.125. The van der Waals surface area contributed by atoms with Crippen molar-refractivity contribution in [1.82, 2.24) is 0 Å². The second-order valence-corrected chi connectivity index (χ2v) is 5.68. The lowest BCUT2D eigenvalue weighted by Crippen LogP contribution is -2.15. The number of ether oxygens (including phenoxy) is 1. The van der Waals surface area contributed by atoms with E-state index in [2.05, 4.69) is 4.72 Å². The van der Waals surface area contributed by atoms with Crippen molar-refractivity contribution in [3.05, 3.63) is 53.8 Å². The smallest absolute Gasteiger partial charge is 0.264 e. The summed E-state index contributed by atoms with van der Waals surface area (Å²) < 4.78 is 70.3. The quantitative estimate of drug-likeness (QED) is 0.882. The fraction of sp³-hybridized carbons (Fsp3) is 0.0769. The number of nitrogens with one attached hydrogen (secondary N) is 1. The normalized spacial score (nSPS) is 11.2. The Bertz CT molecular complexity index is 761. The number of methoxy groups -OCH3 is 1. The second kappa shape index (κ2) is 5.65. The zero-order valence-corrected chi connectivity index (χ0v) is 11.5. The standard InChI is InChI=1S/C13H10F3NO3S/c1-20-9-4-2-8(3-5-9)17-21(18,19)13-7-11(15)10(14)6-12(13)16/h2-7,17H,1H3. The third-order valence-electron chi connectivity index (χ3n) is 2.61. The van der Waals surface area contributed by atoms with E-state index in [4.69, 9.17) is 4.74 Å². The van der Waals surface area contributed by atoms with Crippen LogP contribution in [0.2, 0.25) is 0 Å². The van der Waals surface area contributed by atoms with E-state index in [1.165, 1.54) is 31.4 Å². The minimum Gasteiger partial charge on any atom is -0.497 e. The highest BCUT2D eigenvalue weighted by Crippen LogP contribution is 2.22. The lowest BCUT2D eigenvalue weighted by Gasteiger charge is -2.10. The first-order valence-corrected chi connectivity index (χ1v) is 7.13. The molecule has 1 N–H and O–H groups in total. The lowest BCUT2D eigenvalue weighted by atomic mass is 10.3. The molecule has 2 aromatic carbocycles. The van der Waals surface area contributed by atoms with Gasteiger partial charge in [0.25, 0.3) is 10.0 Å². The van der Waals surface area contributed by atoms with Crippen LogP contribution in [0.15, 0.2) is 41.3 Å². The molecular weight excluding hydrogens is 307 g/mol. The lowest BCUT2D eigenvalue weighted by molar-refractivity contribution is 0.415. The molecule has 0 amide bonds. The van der Waals surface area contributed by atoms with Crippen molar-refractivity contribution in [2.45, 2.75) is 4.90 Å². The van der Waals surface area contributed by atoms with Gasteiger partial charge in [-0.1, -0.05) is 0 Å². The van der Waals surface area contributed by atoms with Gasteiger partial charge in [-0.25, -0.2) is 21.6 Å². The molecule has 0 bridgehead atoms. The van der Waals surface area contributed by atoms with Gasteiger partial charge in [-0.3, -0.25) is 4.72 Å². The number of rotatable bonds is 4. The molecule has 0 spiro atoms. The molecule has 0 heterocycles. The van der Waals surface area contributed by atoms with Gasteiger partial charge in [0, 0.05) is 17.8 Å². The molecule has 0 saturated carbocycles. The number of hydrogen-bond donors (Lipinski definition) is 1. The molecule has 0 radical (unpaired) electrons. The van der Waals surface area contributed by atoms with Crippen LogP contribution in [0, 0.1) is 17.5 Å². The van der Waals surface area contributed by atoms with Crippen LogP contribution in [0.5, 0.6) is 5.75 Å². The van der Waals surface area contributed by atoms with Gasteiger partial charge in [-0.2, -0.15) is 0 Å². The van der Waals surface area contributed by atoms with Gasteiger partial charge in [0.2, 0.25) is 0 Å². The molecule has 2 aromatic rings. The Kier molecular flexibility index (Phi) is 4.08. The Balaban J connectivity index is 2.35. The molecule has 2 rings (SSSR count). The highest BCUT2D eigenvalue weighted by molar-refractivity contribution is 7.92. The molecule has 0 fully saturated rings. The third-order valence-corrected chi connectivity index (χ3v) is 4.00. The van der Waals surface area contributed by atoms with Gasteiger partial charge in [-0.05, 0) is 24.3 Å². The predicted octanol–water partition coefficient (Wildman–Crippen LogP) is 2.91. The summed E-state index contributed by atoms with van der Waals surface area (Å²) in [6.07, 6.45) is 0. The molecule has 0 saturated heterocycles. The number of benzene rings is 2. The molecule has 0 aliphatic rings. The number of hydrogen-bond acceptors (Lipinski definition) is 3. The summed E-state index contributed by atoms with van der Waals surface area (Å²) >= 11 is 0. The van der Waals surface area contributed by atoms with Crippen LogP contribution in [0.25, 0.3) is 0 Å². The highest BCUT2D eigenvalue weighted by atomic mass is 32.2. The third kappa shape index (κ3) is 3.27. The van der Waals surface area contributed by atoms with E-state index in [0.29, 0.717) is 5.75 Å². The molecule has 0 aromatic heterocycles. The Morgan fingerprint density at radius 3 is 2.10 bits per heavy atom. The summed E-state index contributed by atoms with van der Waals surface area (Å²) in [6, 6.07) is 6.20. The first kappa shape index (κ1) is 15.2. The van der Waals surface area contributed by atoms with E-state index >= 15 is 0 Å². The molecular formula is C13H10F3NO3S. The van der Waals surface area contributed by atoms with Crippen molar-refractivity contribution in [3.63, 3.8) is 0 Å². The Hall–Kier alpha value is -2.22. The molecule has 0 aliphatic carbocycles. The van der Waals surface area contributed by atoms with Gasteiger partial charge in [-0.15, -0.1) is 0 Å². The Labute approximate surface area is 119 Å². The molecule has 0 unspecified atom stereocenters. The fourth-order valence-corrected chi connectivity index (χ4v) is 2.71. The summed E-state index contributed by atoms with van der Waals surface area (Å²) in [5, 5.41) is 0. The van der Waals surface area contributed by atoms with E-state index in [9.17, 15) is 21.6 Å². The van der Waals surface area contributed by atoms with Gasteiger partial charge in [0.15, 0.2) is 11.6 Å². The zero-order chi connectivity index (χ0) is 15.6. The highest BCUT2D eigenvalue weighted by Gasteiger charge is 2.22. The van der Waals surface area contributed by atoms with Crippen LogP contribution in [-0.4, -0.2) is 15.5 Å². The van der Waals surface area contributed by atoms with Crippen LogP contribution in [0.1, 0.15) is 0 Å². The van der Waals surface area contributed by atoms with Crippen molar-refractivity contribution in [2.24, 2.45) is 0 Å². The number of anilines is 1. The van der Waals surface area contributed by atoms with Gasteiger partial charge >= 0.3 is 0 Å². The average Bonchev–Trinajstić information content (AvgIpc) is 2.43. The molecule has 112 valence electrons. The van der Waals surface area contributed by atoms with E-state index in [1.54, 1.807) is 0 Å².